The zero-order valence-electron chi connectivity index (χ0n) is 17.6. The SMILES string of the molecule is C[B]C1(C2CC(C)C(C(C)CCCC)C2)CCC(CC(C)CC)C1. The van der Waals surface area contributed by atoms with Gasteiger partial charge in [-0.1, -0.05) is 91.7 Å². The Morgan fingerprint density at radius 2 is 1.92 bits per heavy atom. The van der Waals surface area contributed by atoms with Crippen molar-refractivity contribution in [1.82, 2.24) is 0 Å². The van der Waals surface area contributed by atoms with Crippen LogP contribution in [-0.2, 0) is 0 Å². The van der Waals surface area contributed by atoms with Crippen LogP contribution in [0.4, 0.5) is 0 Å². The van der Waals surface area contributed by atoms with Crippen molar-refractivity contribution in [3.05, 3.63) is 0 Å². The summed E-state index contributed by atoms with van der Waals surface area (Å²) in [5.74, 6) is 5.79. The molecule has 2 rings (SSSR count). The van der Waals surface area contributed by atoms with E-state index in [1.807, 2.05) is 0 Å². The average Bonchev–Trinajstić information content (AvgIpc) is 3.17. The third kappa shape index (κ3) is 4.61. The first-order valence-electron chi connectivity index (χ1n) is 11.3. The van der Waals surface area contributed by atoms with Crippen molar-refractivity contribution in [2.45, 2.75) is 111 Å². The molecule has 1 radical (unpaired) electrons. The van der Waals surface area contributed by atoms with E-state index in [2.05, 4.69) is 48.7 Å². The molecule has 1 heteroatoms. The smallest absolute Gasteiger partial charge is 0.0914 e. The van der Waals surface area contributed by atoms with E-state index in [-0.39, 0.29) is 0 Å². The lowest BCUT2D eigenvalue weighted by molar-refractivity contribution is 0.266. The summed E-state index contributed by atoms with van der Waals surface area (Å²) in [6.07, 6.45) is 14.6. The van der Waals surface area contributed by atoms with Crippen molar-refractivity contribution < 1.29 is 0 Å². The minimum absolute atomic E-state index is 0.589. The van der Waals surface area contributed by atoms with Gasteiger partial charge in [0.2, 0.25) is 0 Å². The lowest BCUT2D eigenvalue weighted by atomic mass is 9.46. The second-order valence-electron chi connectivity index (χ2n) is 9.81. The van der Waals surface area contributed by atoms with Gasteiger partial charge in [0, 0.05) is 0 Å². The molecule has 0 aromatic heterocycles. The van der Waals surface area contributed by atoms with E-state index in [4.69, 9.17) is 0 Å². The molecule has 0 aliphatic heterocycles. The molecule has 2 aliphatic rings. The Balaban J connectivity index is 1.96. The fourth-order valence-corrected chi connectivity index (χ4v) is 6.30. The van der Waals surface area contributed by atoms with Gasteiger partial charge in [0.15, 0.2) is 0 Å². The van der Waals surface area contributed by atoms with Crippen LogP contribution in [0.25, 0.3) is 0 Å². The van der Waals surface area contributed by atoms with E-state index in [0.717, 1.165) is 35.5 Å². The van der Waals surface area contributed by atoms with E-state index in [1.165, 1.54) is 64.2 Å². The zero-order valence-corrected chi connectivity index (χ0v) is 17.6. The van der Waals surface area contributed by atoms with E-state index in [1.54, 1.807) is 0 Å². The highest BCUT2D eigenvalue weighted by atomic mass is 14.5. The Labute approximate surface area is 154 Å². The van der Waals surface area contributed by atoms with Gasteiger partial charge in [0.05, 0.1) is 0 Å². The fourth-order valence-electron chi connectivity index (χ4n) is 6.30. The molecule has 0 aromatic carbocycles. The molecule has 0 nitrogen and oxygen atoms in total. The molecule has 139 valence electrons. The van der Waals surface area contributed by atoms with E-state index in [9.17, 15) is 0 Å². The van der Waals surface area contributed by atoms with E-state index < -0.39 is 0 Å². The van der Waals surface area contributed by atoms with Gasteiger partial charge < -0.3 is 0 Å². The highest BCUT2D eigenvalue weighted by molar-refractivity contribution is 6.38. The molecule has 0 amide bonds. The molecule has 0 aromatic rings. The lowest BCUT2D eigenvalue weighted by Gasteiger charge is -2.36. The summed E-state index contributed by atoms with van der Waals surface area (Å²) in [6.45, 7) is 14.6. The van der Waals surface area contributed by atoms with Crippen LogP contribution in [0.5, 0.6) is 0 Å². The summed E-state index contributed by atoms with van der Waals surface area (Å²) in [5, 5.41) is 0.589. The van der Waals surface area contributed by atoms with Crippen LogP contribution in [0.2, 0.25) is 12.1 Å². The molecule has 2 saturated carbocycles. The lowest BCUT2D eigenvalue weighted by Crippen LogP contribution is -2.25. The van der Waals surface area contributed by atoms with Gasteiger partial charge in [0.1, 0.15) is 7.28 Å². The quantitative estimate of drug-likeness (QED) is 0.381. The van der Waals surface area contributed by atoms with Crippen LogP contribution >= 0.6 is 0 Å². The average molecular weight is 331 g/mol. The molecule has 0 N–H and O–H groups in total. The minimum Gasteiger partial charge on any atom is -0.0914 e. The van der Waals surface area contributed by atoms with Crippen molar-refractivity contribution >= 4 is 7.28 Å². The van der Waals surface area contributed by atoms with Gasteiger partial charge in [0.25, 0.3) is 0 Å². The summed E-state index contributed by atoms with van der Waals surface area (Å²) in [7, 11) is 2.65. The molecule has 7 atom stereocenters. The molecule has 2 fully saturated rings. The monoisotopic (exact) mass is 331 g/mol. The molecule has 0 heterocycles. The van der Waals surface area contributed by atoms with E-state index in [0.29, 0.717) is 5.31 Å². The second-order valence-corrected chi connectivity index (χ2v) is 9.81. The van der Waals surface area contributed by atoms with Crippen LogP contribution in [0.15, 0.2) is 0 Å². The van der Waals surface area contributed by atoms with Gasteiger partial charge in [-0.2, -0.15) is 0 Å². The topological polar surface area (TPSA) is 0 Å². The van der Waals surface area contributed by atoms with Crippen molar-refractivity contribution in [3.63, 3.8) is 0 Å². The molecule has 2 aliphatic carbocycles. The highest BCUT2D eigenvalue weighted by Gasteiger charge is 2.48. The van der Waals surface area contributed by atoms with Crippen LogP contribution in [0.1, 0.15) is 98.8 Å². The number of unbranched alkanes of at least 4 members (excludes halogenated alkanes) is 1. The van der Waals surface area contributed by atoms with Crippen LogP contribution in [0.3, 0.4) is 0 Å². The first kappa shape index (κ1) is 20.4. The summed E-state index contributed by atoms with van der Waals surface area (Å²) in [6, 6.07) is 0. The minimum atomic E-state index is 0.589. The van der Waals surface area contributed by atoms with Gasteiger partial charge in [-0.3, -0.25) is 0 Å². The number of hydrogen-bond donors (Lipinski definition) is 0. The van der Waals surface area contributed by atoms with Gasteiger partial charge >= 0.3 is 0 Å². The molecule has 24 heavy (non-hydrogen) atoms. The molecular weight excluding hydrogens is 287 g/mol. The number of hydrogen-bond acceptors (Lipinski definition) is 0. The Morgan fingerprint density at radius 3 is 2.54 bits per heavy atom. The Hall–Kier alpha value is 0.0649. The fraction of sp³-hybridized carbons (Fsp3) is 1.00. The molecule has 7 unspecified atom stereocenters. The third-order valence-corrected chi connectivity index (χ3v) is 8.20. The summed E-state index contributed by atoms with van der Waals surface area (Å²) in [4.78, 5) is 0. The van der Waals surface area contributed by atoms with Crippen LogP contribution < -0.4 is 0 Å². The standard InChI is InChI=1S/C23H44B/c1-7-9-10-18(4)22-15-21(14-19(22)5)23(24-6)12-11-20(16-23)13-17(3)8-2/h17-22H,7-16H2,1-6H3. The third-order valence-electron chi connectivity index (χ3n) is 8.20. The normalized spacial score (nSPS) is 39.1. The van der Waals surface area contributed by atoms with Crippen LogP contribution in [-0.4, -0.2) is 7.28 Å². The second kappa shape index (κ2) is 9.13. The van der Waals surface area contributed by atoms with Crippen molar-refractivity contribution in [2.24, 2.45) is 35.5 Å². The maximum absolute atomic E-state index is 2.65. The largest absolute Gasteiger partial charge is 0.114 e. The first-order chi connectivity index (χ1) is 11.5. The molecular formula is C23H44B. The maximum Gasteiger partial charge on any atom is 0.114 e. The molecule has 0 saturated heterocycles. The zero-order chi connectivity index (χ0) is 17.7. The molecule has 0 spiro atoms. The predicted octanol–water partition coefficient (Wildman–Crippen LogP) is 7.62. The Kier molecular flexibility index (Phi) is 7.75. The Bertz CT molecular complexity index is 365. The van der Waals surface area contributed by atoms with Crippen molar-refractivity contribution in [2.75, 3.05) is 0 Å². The summed E-state index contributed by atoms with van der Waals surface area (Å²) < 4.78 is 0. The first-order valence-corrected chi connectivity index (χ1v) is 11.3. The van der Waals surface area contributed by atoms with E-state index >= 15 is 0 Å². The Morgan fingerprint density at radius 1 is 1.17 bits per heavy atom. The number of rotatable bonds is 9. The summed E-state index contributed by atoms with van der Waals surface area (Å²) in [5.41, 5.74) is 0. The summed E-state index contributed by atoms with van der Waals surface area (Å²) >= 11 is 0. The maximum atomic E-state index is 2.65. The molecule has 0 bridgehead atoms. The van der Waals surface area contributed by atoms with Crippen LogP contribution in [0, 0.1) is 35.5 Å². The van der Waals surface area contributed by atoms with Gasteiger partial charge in [-0.15, -0.1) is 0 Å². The van der Waals surface area contributed by atoms with Gasteiger partial charge in [-0.05, 0) is 54.8 Å². The predicted molar refractivity (Wildman–Crippen MR) is 110 cm³/mol. The van der Waals surface area contributed by atoms with Crippen molar-refractivity contribution in [1.29, 1.82) is 0 Å². The van der Waals surface area contributed by atoms with Crippen molar-refractivity contribution in [3.8, 4) is 0 Å². The van der Waals surface area contributed by atoms with Gasteiger partial charge in [-0.25, -0.2) is 0 Å². The highest BCUT2D eigenvalue weighted by Crippen LogP contribution is 2.61.